The van der Waals surface area contributed by atoms with Crippen LogP contribution < -0.4 is 5.32 Å². The maximum absolute atomic E-state index is 13.2. The number of aromatic nitrogens is 2. The summed E-state index contributed by atoms with van der Waals surface area (Å²) in [6, 6.07) is 11.2. The molecule has 0 saturated carbocycles. The Morgan fingerprint density at radius 2 is 1.86 bits per heavy atom. The summed E-state index contributed by atoms with van der Waals surface area (Å²) in [4.78, 5) is 33.8. The number of rotatable bonds is 7. The maximum Gasteiger partial charge on any atom is 0.418 e. The maximum atomic E-state index is 13.2. The van der Waals surface area contributed by atoms with Crippen LogP contribution in [0.2, 0.25) is 0 Å². The SMILES string of the molecule is Cc1nn(-c2ccccc2)c(C)c1/C=C/C(=O)OCC(=O)Nc1ccc([N+](=O)[O-])cc1C(F)(F)F. The second-order valence-electron chi connectivity index (χ2n) is 7.31. The van der Waals surface area contributed by atoms with Crippen LogP contribution in [-0.2, 0) is 20.5 Å². The molecule has 1 aromatic heterocycles. The molecule has 0 aliphatic carbocycles. The molecule has 0 spiro atoms. The van der Waals surface area contributed by atoms with Crippen molar-refractivity contribution in [1.29, 1.82) is 0 Å². The molecule has 35 heavy (non-hydrogen) atoms. The summed E-state index contributed by atoms with van der Waals surface area (Å²) < 4.78 is 46.2. The van der Waals surface area contributed by atoms with Crippen LogP contribution in [0.15, 0.2) is 54.6 Å². The molecule has 0 saturated heterocycles. The van der Waals surface area contributed by atoms with Crippen LogP contribution in [0.25, 0.3) is 11.8 Å². The van der Waals surface area contributed by atoms with Crippen molar-refractivity contribution in [3.8, 4) is 5.69 Å². The van der Waals surface area contributed by atoms with Crippen LogP contribution in [0, 0.1) is 24.0 Å². The van der Waals surface area contributed by atoms with Gasteiger partial charge in [-0.15, -0.1) is 0 Å². The quantitative estimate of drug-likeness (QED) is 0.225. The number of nitrogens with one attached hydrogen (secondary N) is 1. The number of anilines is 1. The molecule has 0 bridgehead atoms. The molecular weight excluding hydrogens is 469 g/mol. The molecule has 0 unspecified atom stereocenters. The molecule has 0 radical (unpaired) electrons. The number of hydrogen-bond donors (Lipinski definition) is 1. The minimum absolute atomic E-state index is 0.310. The van der Waals surface area contributed by atoms with Gasteiger partial charge in [0.1, 0.15) is 0 Å². The van der Waals surface area contributed by atoms with E-state index in [4.69, 9.17) is 4.74 Å². The molecule has 0 aliphatic heterocycles. The average molecular weight is 488 g/mol. The third-order valence-corrected chi connectivity index (χ3v) is 4.87. The fourth-order valence-electron chi connectivity index (χ4n) is 3.23. The number of nitro groups is 1. The number of halogens is 3. The monoisotopic (exact) mass is 488 g/mol. The summed E-state index contributed by atoms with van der Waals surface area (Å²) in [6.07, 6.45) is -2.41. The molecule has 2 aromatic carbocycles. The second-order valence-corrected chi connectivity index (χ2v) is 7.31. The lowest BCUT2D eigenvalue weighted by atomic mass is 10.1. The number of amides is 1. The van der Waals surface area contributed by atoms with Crippen molar-refractivity contribution in [2.24, 2.45) is 0 Å². The van der Waals surface area contributed by atoms with Gasteiger partial charge in [0.2, 0.25) is 0 Å². The number of benzene rings is 2. The molecule has 1 amide bonds. The molecule has 9 nitrogen and oxygen atoms in total. The van der Waals surface area contributed by atoms with Gasteiger partial charge in [0.05, 0.1) is 27.6 Å². The van der Waals surface area contributed by atoms with E-state index in [9.17, 15) is 32.9 Å². The van der Waals surface area contributed by atoms with Crippen molar-refractivity contribution in [1.82, 2.24) is 9.78 Å². The van der Waals surface area contributed by atoms with Gasteiger partial charge in [-0.05, 0) is 38.1 Å². The number of aryl methyl sites for hydroxylation is 1. The molecule has 12 heteroatoms. The molecule has 3 rings (SSSR count). The van der Waals surface area contributed by atoms with Crippen LogP contribution >= 0.6 is 0 Å². The topological polar surface area (TPSA) is 116 Å². The van der Waals surface area contributed by atoms with E-state index >= 15 is 0 Å². The van der Waals surface area contributed by atoms with E-state index in [1.54, 1.807) is 11.6 Å². The Labute approximate surface area is 197 Å². The van der Waals surface area contributed by atoms with Crippen molar-refractivity contribution in [3.05, 3.63) is 87.2 Å². The summed E-state index contributed by atoms with van der Waals surface area (Å²) in [5.41, 5.74) is 0.0201. The third-order valence-electron chi connectivity index (χ3n) is 4.87. The van der Waals surface area contributed by atoms with Gasteiger partial charge >= 0.3 is 12.1 Å². The minimum Gasteiger partial charge on any atom is -0.452 e. The number of non-ortho nitro benzene ring substituents is 1. The van der Waals surface area contributed by atoms with Gasteiger partial charge in [0, 0.05) is 29.5 Å². The van der Waals surface area contributed by atoms with Gasteiger partial charge in [-0.1, -0.05) is 18.2 Å². The van der Waals surface area contributed by atoms with Crippen molar-refractivity contribution < 1.29 is 32.4 Å². The summed E-state index contributed by atoms with van der Waals surface area (Å²) in [5, 5.41) is 17.1. The molecular formula is C23H19F3N4O5. The second kappa shape index (κ2) is 10.2. The first-order chi connectivity index (χ1) is 16.5. The lowest BCUT2D eigenvalue weighted by Gasteiger charge is -2.13. The minimum atomic E-state index is -4.95. The zero-order chi connectivity index (χ0) is 25.8. The highest BCUT2D eigenvalue weighted by molar-refractivity contribution is 5.95. The highest BCUT2D eigenvalue weighted by Gasteiger charge is 2.35. The van der Waals surface area contributed by atoms with Crippen LogP contribution in [-0.4, -0.2) is 33.2 Å². The summed E-state index contributed by atoms with van der Waals surface area (Å²) in [7, 11) is 0. The Morgan fingerprint density at radius 3 is 2.49 bits per heavy atom. The number of hydrogen-bond acceptors (Lipinski definition) is 6. The summed E-state index contributed by atoms with van der Waals surface area (Å²) >= 11 is 0. The van der Waals surface area contributed by atoms with Crippen LogP contribution in [0.5, 0.6) is 0 Å². The van der Waals surface area contributed by atoms with E-state index in [1.807, 2.05) is 42.6 Å². The van der Waals surface area contributed by atoms with Gasteiger partial charge in [0.15, 0.2) is 6.61 Å². The molecule has 182 valence electrons. The van der Waals surface area contributed by atoms with Crippen molar-refractivity contribution in [3.63, 3.8) is 0 Å². The predicted molar refractivity (Wildman–Crippen MR) is 120 cm³/mol. The Hall–Kier alpha value is -4.48. The number of esters is 1. The van der Waals surface area contributed by atoms with Gasteiger partial charge in [-0.25, -0.2) is 9.48 Å². The van der Waals surface area contributed by atoms with Gasteiger partial charge < -0.3 is 10.1 Å². The van der Waals surface area contributed by atoms with Crippen LogP contribution in [0.4, 0.5) is 24.5 Å². The number of ether oxygens (including phenoxy) is 1. The highest BCUT2D eigenvalue weighted by Crippen LogP contribution is 2.37. The van der Waals surface area contributed by atoms with Crippen molar-refractivity contribution in [2.45, 2.75) is 20.0 Å². The normalized spacial score (nSPS) is 11.5. The Bertz CT molecular complexity index is 1300. The van der Waals surface area contributed by atoms with E-state index in [1.165, 1.54) is 6.08 Å². The van der Waals surface area contributed by atoms with Crippen molar-refractivity contribution in [2.75, 3.05) is 11.9 Å². The first-order valence-corrected chi connectivity index (χ1v) is 10.1. The molecule has 0 fully saturated rings. The largest absolute Gasteiger partial charge is 0.452 e. The number of nitrogens with zero attached hydrogens (tertiary/aromatic N) is 3. The lowest BCUT2D eigenvalue weighted by Crippen LogP contribution is -2.22. The number of alkyl halides is 3. The molecule has 1 N–H and O–H groups in total. The number of para-hydroxylation sites is 1. The molecule has 0 atom stereocenters. The van der Waals surface area contributed by atoms with E-state index in [0.29, 0.717) is 17.3 Å². The lowest BCUT2D eigenvalue weighted by molar-refractivity contribution is -0.385. The van der Waals surface area contributed by atoms with E-state index in [0.717, 1.165) is 29.6 Å². The summed E-state index contributed by atoms with van der Waals surface area (Å²) in [5.74, 6) is -1.94. The first kappa shape index (κ1) is 25.1. The van der Waals surface area contributed by atoms with E-state index < -0.39 is 46.5 Å². The highest BCUT2D eigenvalue weighted by atomic mass is 19.4. The van der Waals surface area contributed by atoms with Crippen molar-refractivity contribution >= 4 is 29.3 Å². The Balaban J connectivity index is 1.65. The first-order valence-electron chi connectivity index (χ1n) is 10.1. The predicted octanol–water partition coefficient (Wildman–Crippen LogP) is 4.61. The number of nitro benzene ring substituents is 1. The third kappa shape index (κ3) is 6.10. The molecule has 0 aliphatic rings. The fraction of sp³-hybridized carbons (Fsp3) is 0.174. The number of carbonyl (C=O) groups is 2. The van der Waals surface area contributed by atoms with Crippen LogP contribution in [0.1, 0.15) is 22.5 Å². The smallest absolute Gasteiger partial charge is 0.418 e. The molecule has 3 aromatic rings. The Morgan fingerprint density at radius 1 is 1.17 bits per heavy atom. The van der Waals surface area contributed by atoms with E-state index in [-0.39, 0.29) is 0 Å². The number of carbonyl (C=O) groups excluding carboxylic acids is 2. The van der Waals surface area contributed by atoms with Gasteiger partial charge in [-0.3, -0.25) is 14.9 Å². The van der Waals surface area contributed by atoms with Gasteiger partial charge in [-0.2, -0.15) is 18.3 Å². The zero-order valence-corrected chi connectivity index (χ0v) is 18.5. The average Bonchev–Trinajstić information content (AvgIpc) is 3.09. The van der Waals surface area contributed by atoms with Crippen LogP contribution in [0.3, 0.4) is 0 Å². The Kier molecular flexibility index (Phi) is 7.33. The standard InChI is InChI=1S/C23H19F3N4O5/c1-14-18(15(2)29(28-14)16-6-4-3-5-7-16)9-11-22(32)35-13-21(31)27-20-10-8-17(30(33)34)12-19(20)23(24,25)26/h3-12H,13H2,1-2H3,(H,27,31)/b11-9+. The van der Waals surface area contributed by atoms with E-state index in [2.05, 4.69) is 5.10 Å². The summed E-state index contributed by atoms with van der Waals surface area (Å²) in [6.45, 7) is 2.71. The molecule has 1 heterocycles. The fourth-order valence-corrected chi connectivity index (χ4v) is 3.23. The zero-order valence-electron chi connectivity index (χ0n) is 18.5. The van der Waals surface area contributed by atoms with Gasteiger partial charge in [0.25, 0.3) is 11.6 Å².